The number of halogens is 1. The average Bonchev–Trinajstić information content (AvgIpc) is 2.23. The predicted molar refractivity (Wildman–Crippen MR) is 64.2 cm³/mol. The number of hydrogen-bond donors (Lipinski definition) is 1. The van der Waals surface area contributed by atoms with Gasteiger partial charge in [0.2, 0.25) is 0 Å². The SMILES string of the molecule is CC1CN(C)CCN1c1nc[nH]c(=O)c1Cl. The Hall–Kier alpha value is -1.07. The monoisotopic (exact) mass is 242 g/mol. The molecule has 0 aromatic carbocycles. The molecule has 1 fully saturated rings. The summed E-state index contributed by atoms with van der Waals surface area (Å²) in [6.45, 7) is 4.85. The van der Waals surface area contributed by atoms with E-state index in [1.54, 1.807) is 0 Å². The molecule has 0 aliphatic carbocycles. The van der Waals surface area contributed by atoms with E-state index in [0.29, 0.717) is 11.9 Å². The second-order valence-electron chi connectivity index (χ2n) is 4.17. The summed E-state index contributed by atoms with van der Waals surface area (Å²) in [5, 5.41) is 0.180. The van der Waals surface area contributed by atoms with E-state index < -0.39 is 0 Å². The van der Waals surface area contributed by atoms with E-state index in [1.165, 1.54) is 6.33 Å². The lowest BCUT2D eigenvalue weighted by Crippen LogP contribution is -2.51. The van der Waals surface area contributed by atoms with Crippen LogP contribution in [0.3, 0.4) is 0 Å². The minimum Gasteiger partial charge on any atom is -0.350 e. The Morgan fingerprint density at radius 3 is 3.00 bits per heavy atom. The Balaban J connectivity index is 2.30. The number of H-pyrrole nitrogens is 1. The normalized spacial score (nSPS) is 22.4. The molecule has 2 heterocycles. The summed E-state index contributed by atoms with van der Waals surface area (Å²) in [4.78, 5) is 22.3. The van der Waals surface area contributed by atoms with Gasteiger partial charge in [-0.3, -0.25) is 4.79 Å². The minimum absolute atomic E-state index is 0.180. The van der Waals surface area contributed by atoms with Gasteiger partial charge in [-0.15, -0.1) is 0 Å². The fourth-order valence-corrected chi connectivity index (χ4v) is 2.24. The van der Waals surface area contributed by atoms with Gasteiger partial charge in [0.25, 0.3) is 5.56 Å². The summed E-state index contributed by atoms with van der Waals surface area (Å²) in [6.07, 6.45) is 1.40. The number of aromatic amines is 1. The zero-order chi connectivity index (χ0) is 11.7. The van der Waals surface area contributed by atoms with E-state index in [9.17, 15) is 4.79 Å². The number of nitrogens with one attached hydrogen (secondary N) is 1. The third-order valence-corrected chi connectivity index (χ3v) is 3.22. The number of anilines is 1. The Morgan fingerprint density at radius 2 is 2.31 bits per heavy atom. The van der Waals surface area contributed by atoms with Gasteiger partial charge in [0, 0.05) is 25.7 Å². The third-order valence-electron chi connectivity index (χ3n) is 2.88. The quantitative estimate of drug-likeness (QED) is 0.782. The lowest BCUT2D eigenvalue weighted by Gasteiger charge is -2.39. The molecule has 2 rings (SSSR count). The van der Waals surface area contributed by atoms with Gasteiger partial charge in [-0.2, -0.15) is 0 Å². The lowest BCUT2D eigenvalue weighted by atomic mass is 10.2. The van der Waals surface area contributed by atoms with Crippen molar-refractivity contribution in [2.45, 2.75) is 13.0 Å². The highest BCUT2D eigenvalue weighted by Gasteiger charge is 2.24. The van der Waals surface area contributed by atoms with Gasteiger partial charge >= 0.3 is 0 Å². The summed E-state index contributed by atoms with van der Waals surface area (Å²) in [6, 6.07) is 0.311. The van der Waals surface area contributed by atoms with Crippen molar-refractivity contribution in [3.8, 4) is 0 Å². The number of nitrogens with zero attached hydrogens (tertiary/aromatic N) is 3. The topological polar surface area (TPSA) is 52.2 Å². The number of rotatable bonds is 1. The van der Waals surface area contributed by atoms with Crippen LogP contribution in [0.2, 0.25) is 5.02 Å². The van der Waals surface area contributed by atoms with E-state index in [1.807, 2.05) is 0 Å². The largest absolute Gasteiger partial charge is 0.350 e. The zero-order valence-corrected chi connectivity index (χ0v) is 10.2. The molecule has 0 bridgehead atoms. The lowest BCUT2D eigenvalue weighted by molar-refractivity contribution is 0.274. The fraction of sp³-hybridized carbons (Fsp3) is 0.600. The molecule has 1 saturated heterocycles. The molecule has 0 radical (unpaired) electrons. The Kier molecular flexibility index (Phi) is 3.16. The van der Waals surface area contributed by atoms with Crippen molar-refractivity contribution < 1.29 is 0 Å². The van der Waals surface area contributed by atoms with Crippen LogP contribution in [0.5, 0.6) is 0 Å². The maximum Gasteiger partial charge on any atom is 0.271 e. The van der Waals surface area contributed by atoms with Gasteiger partial charge in [0.15, 0.2) is 5.82 Å². The van der Waals surface area contributed by atoms with Crippen LogP contribution in [0, 0.1) is 0 Å². The number of piperazine rings is 1. The van der Waals surface area contributed by atoms with Gasteiger partial charge in [-0.05, 0) is 14.0 Å². The van der Waals surface area contributed by atoms with Crippen LogP contribution in [0.25, 0.3) is 0 Å². The molecule has 0 saturated carbocycles. The van der Waals surface area contributed by atoms with Crippen molar-refractivity contribution in [2.75, 3.05) is 31.6 Å². The first-order valence-electron chi connectivity index (χ1n) is 5.28. The second-order valence-corrected chi connectivity index (χ2v) is 4.55. The van der Waals surface area contributed by atoms with Crippen molar-refractivity contribution in [1.82, 2.24) is 14.9 Å². The first kappa shape index (κ1) is 11.4. The molecule has 0 spiro atoms. The van der Waals surface area contributed by atoms with Crippen LogP contribution in [-0.4, -0.2) is 47.6 Å². The van der Waals surface area contributed by atoms with Crippen LogP contribution in [-0.2, 0) is 0 Å². The highest BCUT2D eigenvalue weighted by atomic mass is 35.5. The van der Waals surface area contributed by atoms with Crippen molar-refractivity contribution >= 4 is 17.4 Å². The molecule has 0 amide bonds. The maximum absolute atomic E-state index is 11.4. The molecule has 88 valence electrons. The summed E-state index contributed by atoms with van der Waals surface area (Å²) in [5.74, 6) is 0.589. The molecule has 5 nitrogen and oxygen atoms in total. The molecular weight excluding hydrogens is 228 g/mol. The third kappa shape index (κ3) is 2.05. The van der Waals surface area contributed by atoms with Crippen LogP contribution in [0.1, 0.15) is 6.92 Å². The number of likely N-dealkylation sites (N-methyl/N-ethyl adjacent to an activating group) is 1. The van der Waals surface area contributed by atoms with E-state index in [4.69, 9.17) is 11.6 Å². The van der Waals surface area contributed by atoms with Crippen LogP contribution < -0.4 is 10.5 Å². The van der Waals surface area contributed by atoms with Crippen LogP contribution in [0.4, 0.5) is 5.82 Å². The Morgan fingerprint density at radius 1 is 1.56 bits per heavy atom. The van der Waals surface area contributed by atoms with E-state index in [0.717, 1.165) is 19.6 Å². The van der Waals surface area contributed by atoms with Gasteiger partial charge < -0.3 is 14.8 Å². The van der Waals surface area contributed by atoms with Crippen molar-refractivity contribution in [3.05, 3.63) is 21.7 Å². The van der Waals surface area contributed by atoms with Gasteiger partial charge in [-0.1, -0.05) is 11.6 Å². The molecule has 1 N–H and O–H groups in total. The molecule has 6 heteroatoms. The van der Waals surface area contributed by atoms with Gasteiger partial charge in [0.05, 0.1) is 6.33 Å². The van der Waals surface area contributed by atoms with E-state index in [-0.39, 0.29) is 10.6 Å². The summed E-state index contributed by atoms with van der Waals surface area (Å²) in [7, 11) is 2.08. The standard InChI is InChI=1S/C10H15ClN4O/c1-7-5-14(2)3-4-15(7)9-8(11)10(16)13-6-12-9/h6-7H,3-5H2,1-2H3,(H,12,13,16). The van der Waals surface area contributed by atoms with Crippen molar-refractivity contribution in [2.24, 2.45) is 0 Å². The molecular formula is C10H15ClN4O. The fourth-order valence-electron chi connectivity index (χ4n) is 2.03. The molecule has 16 heavy (non-hydrogen) atoms. The smallest absolute Gasteiger partial charge is 0.271 e. The Bertz CT molecular complexity index is 433. The van der Waals surface area contributed by atoms with Gasteiger partial charge in [0.1, 0.15) is 5.02 Å². The minimum atomic E-state index is -0.280. The molecule has 1 aliphatic rings. The average molecular weight is 243 g/mol. The van der Waals surface area contributed by atoms with E-state index in [2.05, 4.69) is 33.7 Å². The number of hydrogen-bond acceptors (Lipinski definition) is 4. The molecule has 1 atom stereocenters. The van der Waals surface area contributed by atoms with Crippen molar-refractivity contribution in [3.63, 3.8) is 0 Å². The summed E-state index contributed by atoms with van der Waals surface area (Å²) < 4.78 is 0. The van der Waals surface area contributed by atoms with Crippen LogP contribution >= 0.6 is 11.6 Å². The molecule has 1 unspecified atom stereocenters. The molecule has 1 aromatic rings. The first-order chi connectivity index (χ1) is 7.59. The molecule has 1 aromatic heterocycles. The van der Waals surface area contributed by atoms with Crippen LogP contribution in [0.15, 0.2) is 11.1 Å². The van der Waals surface area contributed by atoms with E-state index >= 15 is 0 Å². The first-order valence-corrected chi connectivity index (χ1v) is 5.65. The summed E-state index contributed by atoms with van der Waals surface area (Å²) in [5.41, 5.74) is -0.280. The Labute approximate surface area is 99.0 Å². The van der Waals surface area contributed by atoms with Crippen molar-refractivity contribution in [1.29, 1.82) is 0 Å². The highest BCUT2D eigenvalue weighted by Crippen LogP contribution is 2.22. The zero-order valence-electron chi connectivity index (χ0n) is 9.40. The predicted octanol–water partition coefficient (Wildman–Crippen LogP) is 0.564. The number of aromatic nitrogens is 2. The second kappa shape index (κ2) is 4.43. The molecule has 1 aliphatic heterocycles. The highest BCUT2D eigenvalue weighted by molar-refractivity contribution is 6.32. The summed E-state index contributed by atoms with van der Waals surface area (Å²) >= 11 is 5.97. The maximum atomic E-state index is 11.4. The van der Waals surface area contributed by atoms with Gasteiger partial charge in [-0.25, -0.2) is 4.98 Å².